The minimum absolute atomic E-state index is 0.130. The minimum atomic E-state index is -0.622. The molecule has 6 nitrogen and oxygen atoms in total. The van der Waals surface area contributed by atoms with Crippen LogP contribution in [-0.2, 0) is 16.0 Å². The number of carbonyl (C=O) groups is 2. The van der Waals surface area contributed by atoms with Crippen LogP contribution in [0.25, 0.3) is 10.9 Å². The molecule has 1 aromatic heterocycles. The summed E-state index contributed by atoms with van der Waals surface area (Å²) in [5, 5.41) is 4.40. The lowest BCUT2D eigenvalue weighted by Gasteiger charge is -2.36. The topological polar surface area (TPSA) is 74.4 Å². The molecule has 0 saturated carbocycles. The first-order chi connectivity index (χ1) is 16.7. The van der Waals surface area contributed by atoms with Crippen LogP contribution >= 0.6 is 11.6 Å². The van der Waals surface area contributed by atoms with Gasteiger partial charge in [0.2, 0.25) is 5.91 Å². The zero-order valence-electron chi connectivity index (χ0n) is 21.9. The van der Waals surface area contributed by atoms with Crippen LogP contribution in [0.1, 0.15) is 71.3 Å². The average Bonchev–Trinajstić information content (AvgIpc) is 3.23. The number of aromatic amines is 1. The Kier molecular flexibility index (Phi) is 10.2. The fourth-order valence-electron chi connectivity index (χ4n) is 4.06. The molecule has 2 N–H and O–H groups in total. The monoisotopic (exact) mass is 499 g/mol. The second-order valence-electron chi connectivity index (χ2n) is 8.71. The summed E-state index contributed by atoms with van der Waals surface area (Å²) in [5.74, 6) is -0.171. The summed E-state index contributed by atoms with van der Waals surface area (Å²) < 4.78 is 5.25. The van der Waals surface area contributed by atoms with Crippen LogP contribution in [-0.4, -0.2) is 40.6 Å². The zero-order valence-corrected chi connectivity index (χ0v) is 22.6. The number of hydrogen-bond donors (Lipinski definition) is 2. The van der Waals surface area contributed by atoms with E-state index in [2.05, 4.69) is 16.4 Å². The smallest absolute Gasteiger partial charge is 0.408 e. The first-order valence-corrected chi connectivity index (χ1v) is 12.7. The Labute approximate surface area is 214 Å². The Hall–Kier alpha value is -2.99. The molecule has 0 radical (unpaired) electrons. The molecule has 0 spiro atoms. The Morgan fingerprint density at radius 3 is 2.31 bits per heavy atom. The molecule has 2 aromatic carbocycles. The molecule has 0 bridgehead atoms. The van der Waals surface area contributed by atoms with Crippen molar-refractivity contribution in [1.82, 2.24) is 15.2 Å². The standard InChI is InChI=1S/C24H26ClN3O3.2C2H6/c1-24(2,3)31-23(30)26-14-20(29)28-13-12-18-17-6-4-5-7-19(17)27-21(18)22(28)15-8-10-16(25)11-9-15;2*1-2/h4-11,22,27H,12-14H2,1-3H3,(H,26,30);2*1-2H3. The highest BCUT2D eigenvalue weighted by molar-refractivity contribution is 6.30. The molecular weight excluding hydrogens is 462 g/mol. The molecule has 4 rings (SSSR count). The molecule has 1 unspecified atom stereocenters. The molecule has 7 heteroatoms. The molecule has 2 amide bonds. The van der Waals surface area contributed by atoms with Gasteiger partial charge in [0.15, 0.2) is 0 Å². The number of benzene rings is 2. The SMILES string of the molecule is CC.CC.CC(C)(C)OC(=O)NCC(=O)N1CCc2c([nH]c3ccccc23)C1c1ccc(Cl)cc1. The first kappa shape index (κ1) is 28.2. The van der Waals surface area contributed by atoms with Gasteiger partial charge in [-0.25, -0.2) is 4.79 Å². The van der Waals surface area contributed by atoms with Crippen molar-refractivity contribution in [1.29, 1.82) is 0 Å². The summed E-state index contributed by atoms with van der Waals surface area (Å²) in [4.78, 5) is 30.5. The van der Waals surface area contributed by atoms with Crippen molar-refractivity contribution >= 4 is 34.5 Å². The van der Waals surface area contributed by atoms with Crippen molar-refractivity contribution in [3.63, 3.8) is 0 Å². The molecule has 1 aliphatic rings. The minimum Gasteiger partial charge on any atom is -0.444 e. The maximum Gasteiger partial charge on any atom is 0.408 e. The van der Waals surface area contributed by atoms with E-state index in [4.69, 9.17) is 16.3 Å². The lowest BCUT2D eigenvalue weighted by molar-refractivity contribution is -0.132. The normalized spacial score (nSPS) is 14.6. The van der Waals surface area contributed by atoms with Gasteiger partial charge in [-0.3, -0.25) is 4.79 Å². The van der Waals surface area contributed by atoms with E-state index in [-0.39, 0.29) is 18.5 Å². The van der Waals surface area contributed by atoms with E-state index in [0.717, 1.165) is 23.2 Å². The van der Waals surface area contributed by atoms with Crippen LogP contribution in [0.5, 0.6) is 0 Å². The van der Waals surface area contributed by atoms with Crippen molar-refractivity contribution in [3.05, 3.63) is 70.4 Å². The molecule has 1 atom stereocenters. The lowest BCUT2D eigenvalue weighted by atomic mass is 9.92. The maximum atomic E-state index is 13.2. The van der Waals surface area contributed by atoms with Crippen LogP contribution < -0.4 is 5.32 Å². The van der Waals surface area contributed by atoms with E-state index >= 15 is 0 Å². The predicted octanol–water partition coefficient (Wildman–Crippen LogP) is 6.87. The van der Waals surface area contributed by atoms with Crippen molar-refractivity contribution in [2.75, 3.05) is 13.1 Å². The molecule has 2 heterocycles. The fourth-order valence-corrected chi connectivity index (χ4v) is 4.19. The number of alkyl carbamates (subject to hydrolysis) is 1. The van der Waals surface area contributed by atoms with Crippen LogP contribution in [0.15, 0.2) is 48.5 Å². The van der Waals surface area contributed by atoms with Crippen molar-refractivity contribution < 1.29 is 14.3 Å². The average molecular weight is 500 g/mol. The summed E-state index contributed by atoms with van der Waals surface area (Å²) in [5.41, 5.74) is 3.61. The van der Waals surface area contributed by atoms with E-state index in [1.54, 1.807) is 25.7 Å². The molecule has 3 aromatic rings. The number of hydrogen-bond acceptors (Lipinski definition) is 3. The van der Waals surface area contributed by atoms with E-state index < -0.39 is 11.7 Å². The van der Waals surface area contributed by atoms with E-state index in [9.17, 15) is 9.59 Å². The predicted molar refractivity (Wildman–Crippen MR) is 144 cm³/mol. The third kappa shape index (κ3) is 7.01. The van der Waals surface area contributed by atoms with Crippen molar-refractivity contribution in [3.8, 4) is 0 Å². The summed E-state index contributed by atoms with van der Waals surface area (Å²) >= 11 is 6.10. The number of para-hydroxylation sites is 1. The van der Waals surface area contributed by atoms with Gasteiger partial charge in [-0.2, -0.15) is 0 Å². The molecule has 35 heavy (non-hydrogen) atoms. The molecule has 190 valence electrons. The number of carbonyl (C=O) groups excluding carboxylic acids is 2. The highest BCUT2D eigenvalue weighted by Crippen LogP contribution is 2.38. The van der Waals surface area contributed by atoms with Crippen molar-refractivity contribution in [2.24, 2.45) is 0 Å². The van der Waals surface area contributed by atoms with Crippen LogP contribution in [0.3, 0.4) is 0 Å². The number of halogens is 1. The third-order valence-electron chi connectivity index (χ3n) is 5.32. The fraction of sp³-hybridized carbons (Fsp3) is 0.429. The molecule has 0 aliphatic carbocycles. The largest absolute Gasteiger partial charge is 0.444 e. The van der Waals surface area contributed by atoms with Gasteiger partial charge in [0.25, 0.3) is 0 Å². The number of aromatic nitrogens is 1. The number of rotatable bonds is 3. The van der Waals surface area contributed by atoms with Gasteiger partial charge < -0.3 is 19.9 Å². The Bertz CT molecular complexity index is 1120. The number of nitrogens with one attached hydrogen (secondary N) is 2. The Morgan fingerprint density at radius 1 is 1.06 bits per heavy atom. The van der Waals surface area contributed by atoms with Crippen LogP contribution in [0.4, 0.5) is 4.79 Å². The molecular formula is C28H38ClN3O3. The number of nitrogens with zero attached hydrogens (tertiary/aromatic N) is 1. The number of amides is 2. The van der Waals surface area contributed by atoms with E-state index in [1.165, 1.54) is 10.9 Å². The van der Waals surface area contributed by atoms with Gasteiger partial charge >= 0.3 is 6.09 Å². The van der Waals surface area contributed by atoms with Gasteiger partial charge in [0.05, 0.1) is 6.04 Å². The van der Waals surface area contributed by atoms with Gasteiger partial charge in [0.1, 0.15) is 12.1 Å². The van der Waals surface area contributed by atoms with E-state index in [1.807, 2.05) is 70.2 Å². The van der Waals surface area contributed by atoms with Gasteiger partial charge in [-0.05, 0) is 56.5 Å². The Balaban J connectivity index is 0.00000103. The number of H-pyrrole nitrogens is 1. The first-order valence-electron chi connectivity index (χ1n) is 12.3. The number of fused-ring (bicyclic) bond motifs is 3. The van der Waals surface area contributed by atoms with Gasteiger partial charge in [0, 0.05) is 28.2 Å². The highest BCUT2D eigenvalue weighted by Gasteiger charge is 2.34. The third-order valence-corrected chi connectivity index (χ3v) is 5.58. The van der Waals surface area contributed by atoms with Crippen molar-refractivity contribution in [2.45, 2.75) is 66.5 Å². The lowest BCUT2D eigenvalue weighted by Crippen LogP contribution is -2.46. The molecule has 0 saturated heterocycles. The maximum absolute atomic E-state index is 13.2. The molecule has 0 fully saturated rings. The van der Waals surface area contributed by atoms with Crippen LogP contribution in [0, 0.1) is 0 Å². The second-order valence-corrected chi connectivity index (χ2v) is 9.15. The summed E-state index contributed by atoms with van der Waals surface area (Å²) in [6, 6.07) is 15.4. The summed E-state index contributed by atoms with van der Waals surface area (Å²) in [7, 11) is 0. The summed E-state index contributed by atoms with van der Waals surface area (Å²) in [6.45, 7) is 13.8. The Morgan fingerprint density at radius 2 is 1.69 bits per heavy atom. The number of ether oxygens (including phenoxy) is 1. The van der Waals surface area contributed by atoms with Crippen LogP contribution in [0.2, 0.25) is 5.02 Å². The molecule has 1 aliphatic heterocycles. The van der Waals surface area contributed by atoms with Gasteiger partial charge in [-0.15, -0.1) is 0 Å². The quantitative estimate of drug-likeness (QED) is 0.412. The highest BCUT2D eigenvalue weighted by atomic mass is 35.5. The van der Waals surface area contributed by atoms with E-state index in [0.29, 0.717) is 11.6 Å². The summed E-state index contributed by atoms with van der Waals surface area (Å²) in [6.07, 6.45) is 0.133. The second kappa shape index (κ2) is 12.6. The van der Waals surface area contributed by atoms with Gasteiger partial charge in [-0.1, -0.05) is 69.6 Å². The zero-order chi connectivity index (χ0) is 26.2.